The van der Waals surface area contributed by atoms with Crippen LogP contribution >= 0.6 is 0 Å². The first-order chi connectivity index (χ1) is 18.0. The van der Waals surface area contributed by atoms with Crippen molar-refractivity contribution in [2.75, 3.05) is 26.2 Å². The molecule has 0 radical (unpaired) electrons. The Balaban J connectivity index is 2.21. The summed E-state index contributed by atoms with van der Waals surface area (Å²) in [5.41, 5.74) is 0. The van der Waals surface area contributed by atoms with Gasteiger partial charge in [0.15, 0.2) is 0 Å². The minimum Gasteiger partial charge on any atom is -0.391 e. The third kappa shape index (κ3) is 15.7. The molecule has 1 heterocycles. The molecule has 0 unspecified atom stereocenters. The van der Waals surface area contributed by atoms with Gasteiger partial charge in [0.1, 0.15) is 17.3 Å². The first-order valence-corrected chi connectivity index (χ1v) is 14.9. The maximum Gasteiger partial charge on any atom is 0.222 e. The Kier molecular flexibility index (Phi) is 17.6. The second kappa shape index (κ2) is 19.4. The van der Waals surface area contributed by atoms with Crippen molar-refractivity contribution in [3.05, 3.63) is 0 Å². The molecule has 0 aliphatic carbocycles. The monoisotopic (exact) mass is 538 g/mol. The predicted molar refractivity (Wildman–Crippen MR) is 150 cm³/mol. The molecule has 0 aromatic heterocycles. The van der Waals surface area contributed by atoms with Gasteiger partial charge >= 0.3 is 0 Å². The first kappa shape index (κ1) is 34.4. The van der Waals surface area contributed by atoms with Crippen molar-refractivity contribution < 1.29 is 29.0 Å². The molecule has 1 fully saturated rings. The second-order valence-electron chi connectivity index (χ2n) is 11.6. The van der Waals surface area contributed by atoms with Gasteiger partial charge in [0.25, 0.3) is 0 Å². The van der Waals surface area contributed by atoms with Gasteiger partial charge in [-0.1, -0.05) is 25.7 Å². The molecule has 1 aliphatic heterocycles. The van der Waals surface area contributed by atoms with Crippen molar-refractivity contribution in [1.82, 2.24) is 9.80 Å². The second-order valence-corrected chi connectivity index (χ2v) is 11.6. The quantitative estimate of drug-likeness (QED) is 0.203. The SMILES string of the molecule is CC(=O)CCCCCCC(=O)CN(CC(=O)CCCCCCC(=O)N1C[C@@H](O)C[C@H]1COC(C)C)C(C)C. The summed E-state index contributed by atoms with van der Waals surface area (Å²) in [7, 11) is 0. The van der Waals surface area contributed by atoms with Crippen molar-refractivity contribution in [3.8, 4) is 0 Å². The van der Waals surface area contributed by atoms with E-state index in [0.717, 1.165) is 51.4 Å². The largest absolute Gasteiger partial charge is 0.391 e. The summed E-state index contributed by atoms with van der Waals surface area (Å²) in [5.74, 6) is 0.620. The van der Waals surface area contributed by atoms with Gasteiger partial charge in [0.2, 0.25) is 5.91 Å². The highest BCUT2D eigenvalue weighted by Crippen LogP contribution is 2.21. The summed E-state index contributed by atoms with van der Waals surface area (Å²) >= 11 is 0. The lowest BCUT2D eigenvalue weighted by molar-refractivity contribution is -0.134. The Hall–Kier alpha value is -1.64. The standard InChI is InChI=1S/C30H54N2O6/c1-23(2)31(19-27(34)15-11-7-6-10-14-25(5)33)20-28(35)16-12-8-9-13-17-30(37)32-21-29(36)18-26(32)22-38-24(3)4/h23-24,26,29,36H,6-22H2,1-5H3/t26-,29-/m0/s1. The van der Waals surface area contributed by atoms with Gasteiger partial charge in [-0.05, 0) is 66.7 Å². The van der Waals surface area contributed by atoms with Crippen LogP contribution in [-0.4, -0.2) is 88.7 Å². The minimum absolute atomic E-state index is 0.0500. The van der Waals surface area contributed by atoms with Gasteiger partial charge in [-0.3, -0.25) is 19.3 Å². The topological polar surface area (TPSA) is 104 Å². The molecular weight excluding hydrogens is 484 g/mol. The number of nitrogens with zero attached hydrogens (tertiary/aromatic N) is 2. The number of carbonyl (C=O) groups is 4. The van der Waals surface area contributed by atoms with Crippen LogP contribution in [0.3, 0.4) is 0 Å². The highest BCUT2D eigenvalue weighted by atomic mass is 16.5. The Morgan fingerprint density at radius 2 is 1.32 bits per heavy atom. The zero-order chi connectivity index (χ0) is 28.5. The molecule has 1 saturated heterocycles. The Morgan fingerprint density at radius 3 is 1.79 bits per heavy atom. The van der Waals surface area contributed by atoms with E-state index in [2.05, 4.69) is 0 Å². The number of ether oxygens (including phenoxy) is 1. The van der Waals surface area contributed by atoms with Crippen molar-refractivity contribution in [2.24, 2.45) is 0 Å². The molecule has 38 heavy (non-hydrogen) atoms. The molecule has 1 amide bonds. The molecular formula is C30H54N2O6. The Bertz CT molecular complexity index is 724. The first-order valence-electron chi connectivity index (χ1n) is 14.9. The van der Waals surface area contributed by atoms with Gasteiger partial charge in [-0.25, -0.2) is 0 Å². The van der Waals surface area contributed by atoms with Crippen LogP contribution in [0.5, 0.6) is 0 Å². The van der Waals surface area contributed by atoms with E-state index < -0.39 is 6.10 Å². The fraction of sp³-hybridized carbons (Fsp3) is 0.867. The van der Waals surface area contributed by atoms with Gasteiger partial charge in [-0.2, -0.15) is 0 Å². The lowest BCUT2D eigenvalue weighted by Crippen LogP contribution is -2.39. The van der Waals surface area contributed by atoms with Gasteiger partial charge in [0, 0.05) is 38.3 Å². The molecule has 0 saturated carbocycles. The molecule has 1 rings (SSSR count). The molecule has 8 nitrogen and oxygen atoms in total. The number of β-amino-alcohol motifs (C(OH)–C–C–N with tert-alkyl or cyclic N) is 1. The molecule has 220 valence electrons. The Labute approximate surface area is 230 Å². The number of hydrogen-bond donors (Lipinski definition) is 1. The summed E-state index contributed by atoms with van der Waals surface area (Å²) in [4.78, 5) is 52.3. The van der Waals surface area contributed by atoms with E-state index in [-0.39, 0.29) is 41.4 Å². The molecule has 1 N–H and O–H groups in total. The molecule has 0 bridgehead atoms. The van der Waals surface area contributed by atoms with Crippen molar-refractivity contribution in [3.63, 3.8) is 0 Å². The highest BCUT2D eigenvalue weighted by Gasteiger charge is 2.34. The van der Waals surface area contributed by atoms with Gasteiger partial charge < -0.3 is 19.5 Å². The van der Waals surface area contributed by atoms with Crippen LogP contribution < -0.4 is 0 Å². The van der Waals surface area contributed by atoms with Crippen molar-refractivity contribution in [2.45, 2.75) is 142 Å². The maximum atomic E-state index is 12.7. The lowest BCUT2D eigenvalue weighted by atomic mass is 10.1. The number of hydrogen-bond acceptors (Lipinski definition) is 7. The van der Waals surface area contributed by atoms with Crippen LogP contribution in [0.25, 0.3) is 0 Å². The summed E-state index contributed by atoms with van der Waals surface area (Å²) < 4.78 is 5.67. The molecule has 2 atom stereocenters. The summed E-state index contributed by atoms with van der Waals surface area (Å²) in [6.45, 7) is 11.0. The zero-order valence-electron chi connectivity index (χ0n) is 24.7. The van der Waals surface area contributed by atoms with E-state index in [1.807, 2.05) is 32.6 Å². The van der Waals surface area contributed by atoms with E-state index in [1.54, 1.807) is 11.8 Å². The van der Waals surface area contributed by atoms with Crippen molar-refractivity contribution in [1.29, 1.82) is 0 Å². The summed E-state index contributed by atoms with van der Waals surface area (Å²) in [5, 5.41) is 9.99. The number of rotatable bonds is 22. The van der Waals surface area contributed by atoms with Gasteiger partial charge in [0.05, 0.1) is 37.9 Å². The third-order valence-corrected chi connectivity index (χ3v) is 7.15. The fourth-order valence-electron chi connectivity index (χ4n) is 4.84. The van der Waals surface area contributed by atoms with Crippen LogP contribution in [0.15, 0.2) is 0 Å². The number of likely N-dealkylation sites (tertiary alicyclic amines) is 1. The van der Waals surface area contributed by atoms with E-state index in [4.69, 9.17) is 4.74 Å². The van der Waals surface area contributed by atoms with E-state index >= 15 is 0 Å². The number of amides is 1. The van der Waals surface area contributed by atoms with E-state index in [9.17, 15) is 24.3 Å². The van der Waals surface area contributed by atoms with Crippen LogP contribution in [0.1, 0.15) is 118 Å². The fourth-order valence-corrected chi connectivity index (χ4v) is 4.84. The smallest absolute Gasteiger partial charge is 0.222 e. The van der Waals surface area contributed by atoms with Crippen LogP contribution in [0.2, 0.25) is 0 Å². The molecule has 0 spiro atoms. The van der Waals surface area contributed by atoms with Crippen LogP contribution in [0.4, 0.5) is 0 Å². The summed E-state index contributed by atoms with van der Waals surface area (Å²) in [6.07, 6.45) is 9.30. The number of unbranched alkanes of at least 4 members (excludes halogenated alkanes) is 6. The Morgan fingerprint density at radius 1 is 0.816 bits per heavy atom. The average molecular weight is 539 g/mol. The van der Waals surface area contributed by atoms with Crippen molar-refractivity contribution >= 4 is 23.3 Å². The lowest BCUT2D eigenvalue weighted by Gasteiger charge is -2.25. The zero-order valence-corrected chi connectivity index (χ0v) is 24.7. The normalized spacial score (nSPS) is 17.7. The van der Waals surface area contributed by atoms with E-state index in [1.165, 1.54) is 0 Å². The predicted octanol–water partition coefficient (Wildman–Crippen LogP) is 4.49. The number of carbonyl (C=O) groups excluding carboxylic acids is 4. The minimum atomic E-state index is -0.477. The molecule has 1 aliphatic rings. The number of ketones is 3. The average Bonchev–Trinajstić information content (AvgIpc) is 3.21. The number of aliphatic hydroxyl groups excluding tert-OH is 1. The third-order valence-electron chi connectivity index (χ3n) is 7.15. The summed E-state index contributed by atoms with van der Waals surface area (Å²) in [6, 6.07) is 0.0781. The number of Topliss-reactive ketones (excluding diaryl/α,β-unsaturated/α-hetero) is 3. The molecule has 8 heteroatoms. The van der Waals surface area contributed by atoms with Crippen LogP contribution in [0, 0.1) is 0 Å². The molecule has 0 aromatic carbocycles. The van der Waals surface area contributed by atoms with Gasteiger partial charge in [-0.15, -0.1) is 0 Å². The highest BCUT2D eigenvalue weighted by molar-refractivity contribution is 5.83. The maximum absolute atomic E-state index is 12.7. The van der Waals surface area contributed by atoms with Crippen LogP contribution in [-0.2, 0) is 23.9 Å². The molecule has 0 aromatic rings. The number of aliphatic hydroxyl groups is 1. The van der Waals surface area contributed by atoms with E-state index in [0.29, 0.717) is 58.3 Å².